The van der Waals surface area contributed by atoms with E-state index >= 15 is 0 Å². The summed E-state index contributed by atoms with van der Waals surface area (Å²) in [5.74, 6) is 1.53. The molecule has 7 nitrogen and oxygen atoms in total. The molecule has 2 N–H and O–H groups in total. The molecule has 1 aliphatic heterocycles. The van der Waals surface area contributed by atoms with Crippen LogP contribution >= 0.6 is 0 Å². The van der Waals surface area contributed by atoms with Gasteiger partial charge >= 0.3 is 0 Å². The van der Waals surface area contributed by atoms with Crippen molar-refractivity contribution in [2.24, 2.45) is 4.99 Å². The van der Waals surface area contributed by atoms with Gasteiger partial charge in [0.1, 0.15) is 6.26 Å². The monoisotopic (exact) mass is 431 g/mol. The maximum absolute atomic E-state index is 12.1. The standard InChI is InChI=1S/C25H29N5O2/c1-2-26-25(28-17-21-18-32-24(29-21)20-8-4-3-5-9-20)27-16-19-11-13-22(14-12-19)30-15-7-6-10-23(30)31/h3-5,8-9,11-14,18H,2,6-7,10,15-17H2,1H3,(H2,26,27,28). The van der Waals surface area contributed by atoms with Crippen molar-refractivity contribution in [1.29, 1.82) is 0 Å². The Kier molecular flexibility index (Phi) is 7.17. The molecule has 32 heavy (non-hydrogen) atoms. The first-order valence-corrected chi connectivity index (χ1v) is 11.1. The number of oxazole rings is 1. The first-order chi connectivity index (χ1) is 15.7. The quantitative estimate of drug-likeness (QED) is 0.434. The molecule has 1 saturated heterocycles. The summed E-state index contributed by atoms with van der Waals surface area (Å²) >= 11 is 0. The van der Waals surface area contributed by atoms with Gasteiger partial charge in [-0.2, -0.15) is 0 Å². The first-order valence-electron chi connectivity index (χ1n) is 11.1. The number of amides is 1. The summed E-state index contributed by atoms with van der Waals surface area (Å²) in [4.78, 5) is 23.2. The van der Waals surface area contributed by atoms with E-state index in [1.54, 1.807) is 6.26 Å². The topological polar surface area (TPSA) is 82.8 Å². The molecule has 0 atom stereocenters. The Balaban J connectivity index is 1.35. The second-order valence-electron chi connectivity index (χ2n) is 7.73. The summed E-state index contributed by atoms with van der Waals surface area (Å²) in [6.07, 6.45) is 4.36. The number of piperidine rings is 1. The van der Waals surface area contributed by atoms with Gasteiger partial charge in [-0.3, -0.25) is 4.79 Å². The highest BCUT2D eigenvalue weighted by atomic mass is 16.3. The van der Waals surface area contributed by atoms with Gasteiger partial charge in [-0.15, -0.1) is 0 Å². The molecule has 2 aromatic carbocycles. The predicted molar refractivity (Wildman–Crippen MR) is 126 cm³/mol. The number of aliphatic imine (C=N–C) groups is 1. The van der Waals surface area contributed by atoms with E-state index in [0.717, 1.165) is 48.4 Å². The van der Waals surface area contributed by atoms with Crippen LogP contribution in [0.4, 0.5) is 5.69 Å². The number of rotatable bonds is 7. The fraction of sp³-hybridized carbons (Fsp3) is 0.320. The van der Waals surface area contributed by atoms with Crippen LogP contribution in [-0.4, -0.2) is 29.9 Å². The molecule has 1 fully saturated rings. The molecule has 0 aliphatic carbocycles. The first kappa shape index (κ1) is 21.6. The van der Waals surface area contributed by atoms with Gasteiger partial charge < -0.3 is 20.0 Å². The van der Waals surface area contributed by atoms with Crippen LogP contribution in [-0.2, 0) is 17.9 Å². The summed E-state index contributed by atoms with van der Waals surface area (Å²) in [5.41, 5.74) is 3.81. The van der Waals surface area contributed by atoms with Crippen molar-refractivity contribution in [2.75, 3.05) is 18.0 Å². The lowest BCUT2D eigenvalue weighted by Gasteiger charge is -2.26. The predicted octanol–water partition coefficient (Wildman–Crippen LogP) is 4.11. The van der Waals surface area contributed by atoms with Gasteiger partial charge in [-0.05, 0) is 49.6 Å². The molecule has 1 amide bonds. The Morgan fingerprint density at radius 2 is 1.91 bits per heavy atom. The van der Waals surface area contributed by atoms with Crippen LogP contribution in [0.15, 0.2) is 70.3 Å². The molecule has 0 saturated carbocycles. The summed E-state index contributed by atoms with van der Waals surface area (Å²) in [6.45, 7) is 4.65. The third-order valence-electron chi connectivity index (χ3n) is 5.34. The fourth-order valence-corrected chi connectivity index (χ4v) is 3.65. The maximum Gasteiger partial charge on any atom is 0.226 e. The van der Waals surface area contributed by atoms with Gasteiger partial charge in [0.15, 0.2) is 5.96 Å². The molecular formula is C25H29N5O2. The second-order valence-corrected chi connectivity index (χ2v) is 7.73. The number of nitrogens with one attached hydrogen (secondary N) is 2. The van der Waals surface area contributed by atoms with Crippen LogP contribution in [0.2, 0.25) is 0 Å². The van der Waals surface area contributed by atoms with Crippen molar-refractivity contribution >= 4 is 17.6 Å². The third-order valence-corrected chi connectivity index (χ3v) is 5.34. The zero-order chi connectivity index (χ0) is 22.2. The summed E-state index contributed by atoms with van der Waals surface area (Å²) < 4.78 is 5.60. The number of carbonyl (C=O) groups excluding carboxylic acids is 1. The van der Waals surface area contributed by atoms with Gasteiger partial charge in [0.05, 0.1) is 18.8 Å². The highest BCUT2D eigenvalue weighted by Crippen LogP contribution is 2.21. The van der Waals surface area contributed by atoms with E-state index in [1.807, 2.05) is 66.4 Å². The smallest absolute Gasteiger partial charge is 0.226 e. The van der Waals surface area contributed by atoms with Gasteiger partial charge in [0, 0.05) is 30.8 Å². The number of anilines is 1. The van der Waals surface area contributed by atoms with Crippen molar-refractivity contribution < 1.29 is 9.21 Å². The molecule has 0 spiro atoms. The van der Waals surface area contributed by atoms with Crippen LogP contribution in [0.5, 0.6) is 0 Å². The van der Waals surface area contributed by atoms with Crippen molar-refractivity contribution in [3.8, 4) is 11.5 Å². The van der Waals surface area contributed by atoms with Crippen molar-refractivity contribution in [3.05, 3.63) is 72.1 Å². The number of hydrogen-bond donors (Lipinski definition) is 2. The largest absolute Gasteiger partial charge is 0.444 e. The van der Waals surface area contributed by atoms with E-state index in [2.05, 4.69) is 20.6 Å². The van der Waals surface area contributed by atoms with Gasteiger partial charge in [0.2, 0.25) is 11.8 Å². The Labute approximate surface area is 188 Å². The van der Waals surface area contributed by atoms with Crippen LogP contribution in [0.3, 0.4) is 0 Å². The van der Waals surface area contributed by atoms with E-state index in [-0.39, 0.29) is 5.91 Å². The normalized spacial score (nSPS) is 14.5. The molecule has 0 bridgehead atoms. The molecule has 4 rings (SSSR count). The Hall–Kier alpha value is -3.61. The SMILES string of the molecule is CCNC(=NCc1ccc(N2CCCCC2=O)cc1)NCc1coc(-c2ccccc2)n1. The zero-order valence-electron chi connectivity index (χ0n) is 18.4. The van der Waals surface area contributed by atoms with E-state index in [4.69, 9.17) is 4.42 Å². The number of hydrogen-bond acceptors (Lipinski definition) is 4. The maximum atomic E-state index is 12.1. The Bertz CT molecular complexity index is 1040. The van der Waals surface area contributed by atoms with E-state index < -0.39 is 0 Å². The minimum absolute atomic E-state index is 0.212. The molecular weight excluding hydrogens is 402 g/mol. The number of nitrogens with zero attached hydrogens (tertiary/aromatic N) is 3. The minimum Gasteiger partial charge on any atom is -0.444 e. The van der Waals surface area contributed by atoms with Crippen molar-refractivity contribution in [1.82, 2.24) is 15.6 Å². The molecule has 1 aromatic heterocycles. The lowest BCUT2D eigenvalue weighted by Crippen LogP contribution is -2.36. The van der Waals surface area contributed by atoms with E-state index in [9.17, 15) is 4.79 Å². The van der Waals surface area contributed by atoms with Crippen LogP contribution in [0.1, 0.15) is 37.4 Å². The molecule has 2 heterocycles. The van der Waals surface area contributed by atoms with Crippen LogP contribution in [0.25, 0.3) is 11.5 Å². The van der Waals surface area contributed by atoms with Crippen LogP contribution < -0.4 is 15.5 Å². The second kappa shape index (κ2) is 10.6. The average Bonchev–Trinajstić information content (AvgIpc) is 3.31. The van der Waals surface area contributed by atoms with E-state index in [1.165, 1.54) is 0 Å². The zero-order valence-corrected chi connectivity index (χ0v) is 18.4. The highest BCUT2D eigenvalue weighted by Gasteiger charge is 2.19. The minimum atomic E-state index is 0.212. The average molecular weight is 432 g/mol. The highest BCUT2D eigenvalue weighted by molar-refractivity contribution is 5.93. The van der Waals surface area contributed by atoms with Gasteiger partial charge in [-0.1, -0.05) is 30.3 Å². The molecule has 1 aliphatic rings. The summed E-state index contributed by atoms with van der Waals surface area (Å²) in [6, 6.07) is 17.9. The molecule has 0 unspecified atom stereocenters. The number of benzene rings is 2. The number of carbonyl (C=O) groups is 1. The Morgan fingerprint density at radius 1 is 1.09 bits per heavy atom. The number of guanidine groups is 1. The number of aromatic nitrogens is 1. The van der Waals surface area contributed by atoms with Crippen molar-refractivity contribution in [3.63, 3.8) is 0 Å². The lowest BCUT2D eigenvalue weighted by atomic mass is 10.1. The van der Waals surface area contributed by atoms with Crippen LogP contribution in [0, 0.1) is 0 Å². The molecule has 7 heteroatoms. The molecule has 3 aromatic rings. The van der Waals surface area contributed by atoms with Crippen molar-refractivity contribution in [2.45, 2.75) is 39.3 Å². The fourth-order valence-electron chi connectivity index (χ4n) is 3.65. The lowest BCUT2D eigenvalue weighted by molar-refractivity contribution is -0.119. The molecule has 0 radical (unpaired) electrons. The van der Waals surface area contributed by atoms with Gasteiger partial charge in [0.25, 0.3) is 0 Å². The van der Waals surface area contributed by atoms with Gasteiger partial charge in [-0.25, -0.2) is 9.98 Å². The Morgan fingerprint density at radius 3 is 2.66 bits per heavy atom. The summed E-state index contributed by atoms with van der Waals surface area (Å²) in [5, 5.41) is 6.56. The third kappa shape index (κ3) is 5.55. The summed E-state index contributed by atoms with van der Waals surface area (Å²) in [7, 11) is 0. The molecule has 166 valence electrons. The van der Waals surface area contributed by atoms with E-state index in [0.29, 0.717) is 31.4 Å².